The Morgan fingerprint density at radius 1 is 0.800 bits per heavy atom. The van der Waals surface area contributed by atoms with Crippen molar-refractivity contribution in [3.8, 4) is 0 Å². The van der Waals surface area contributed by atoms with Crippen molar-refractivity contribution in [1.82, 2.24) is 0 Å². The summed E-state index contributed by atoms with van der Waals surface area (Å²) >= 11 is 0. The molecule has 4 nitrogen and oxygen atoms in total. The third-order valence-electron chi connectivity index (χ3n) is 3.54. The van der Waals surface area contributed by atoms with E-state index in [-0.39, 0.29) is 0 Å². The monoisotopic (exact) mass is 308 g/mol. The molecule has 0 saturated carbocycles. The standard InChI is InChI=1S/C15H32O4S/c1-2-3-4-5-6-7-8-9-10-11-12-13-15(16)14-20(17,18)19/h15-16H,2-14H2,1H3,(H,17,18,19). The zero-order valence-corrected chi connectivity index (χ0v) is 13.7. The Morgan fingerprint density at radius 3 is 1.60 bits per heavy atom. The van der Waals surface area contributed by atoms with E-state index in [1.165, 1.54) is 51.4 Å². The third kappa shape index (κ3) is 15.9. The van der Waals surface area contributed by atoms with Gasteiger partial charge < -0.3 is 5.11 Å². The minimum atomic E-state index is -4.04. The van der Waals surface area contributed by atoms with Crippen molar-refractivity contribution in [2.45, 2.75) is 90.1 Å². The van der Waals surface area contributed by atoms with Gasteiger partial charge in [0.05, 0.1) is 6.10 Å². The molecule has 0 aromatic rings. The number of unbranched alkanes of at least 4 members (excludes halogenated alkanes) is 10. The molecule has 0 aromatic carbocycles. The van der Waals surface area contributed by atoms with Gasteiger partial charge in [0.1, 0.15) is 5.75 Å². The zero-order valence-electron chi connectivity index (χ0n) is 12.9. The summed E-state index contributed by atoms with van der Waals surface area (Å²) in [4.78, 5) is 0. The van der Waals surface area contributed by atoms with Crippen LogP contribution in [0.4, 0.5) is 0 Å². The number of hydrogen-bond acceptors (Lipinski definition) is 3. The summed E-state index contributed by atoms with van der Waals surface area (Å²) in [6, 6.07) is 0. The number of hydrogen-bond donors (Lipinski definition) is 2. The number of aliphatic hydroxyl groups is 1. The number of rotatable bonds is 14. The van der Waals surface area contributed by atoms with E-state index in [1.807, 2.05) is 0 Å². The summed E-state index contributed by atoms with van der Waals surface area (Å²) < 4.78 is 29.7. The molecule has 0 spiro atoms. The summed E-state index contributed by atoms with van der Waals surface area (Å²) in [6.45, 7) is 2.23. The maximum Gasteiger partial charge on any atom is 0.267 e. The van der Waals surface area contributed by atoms with Crippen molar-refractivity contribution < 1.29 is 18.1 Å². The van der Waals surface area contributed by atoms with E-state index in [2.05, 4.69) is 6.92 Å². The van der Waals surface area contributed by atoms with Gasteiger partial charge in [-0.25, -0.2) is 0 Å². The molecule has 0 aliphatic heterocycles. The van der Waals surface area contributed by atoms with Crippen LogP contribution in [-0.4, -0.2) is 29.9 Å². The van der Waals surface area contributed by atoms with Gasteiger partial charge in [-0.2, -0.15) is 8.42 Å². The van der Waals surface area contributed by atoms with Crippen LogP contribution >= 0.6 is 0 Å². The van der Waals surface area contributed by atoms with Crippen LogP contribution in [0.1, 0.15) is 84.0 Å². The molecule has 20 heavy (non-hydrogen) atoms. The Kier molecular flexibility index (Phi) is 12.5. The molecule has 0 heterocycles. The average Bonchev–Trinajstić information content (AvgIpc) is 2.34. The van der Waals surface area contributed by atoms with Gasteiger partial charge in [-0.05, 0) is 6.42 Å². The van der Waals surface area contributed by atoms with E-state index in [9.17, 15) is 13.5 Å². The van der Waals surface area contributed by atoms with Gasteiger partial charge in [-0.1, -0.05) is 77.6 Å². The first-order valence-corrected chi connectivity index (χ1v) is 9.70. The van der Waals surface area contributed by atoms with Crippen molar-refractivity contribution >= 4 is 10.1 Å². The van der Waals surface area contributed by atoms with Crippen LogP contribution in [0.25, 0.3) is 0 Å². The maximum atomic E-state index is 10.5. The molecular formula is C15H32O4S. The van der Waals surface area contributed by atoms with E-state index in [0.717, 1.165) is 19.3 Å². The van der Waals surface area contributed by atoms with Gasteiger partial charge in [0.15, 0.2) is 0 Å². The van der Waals surface area contributed by atoms with Crippen LogP contribution in [-0.2, 0) is 10.1 Å². The van der Waals surface area contributed by atoms with E-state index in [0.29, 0.717) is 6.42 Å². The fraction of sp³-hybridized carbons (Fsp3) is 1.00. The molecule has 1 atom stereocenters. The normalized spacial score (nSPS) is 13.6. The lowest BCUT2D eigenvalue weighted by atomic mass is 10.0. The average molecular weight is 308 g/mol. The molecule has 0 bridgehead atoms. The molecule has 2 N–H and O–H groups in total. The van der Waals surface area contributed by atoms with Crippen LogP contribution in [0, 0.1) is 0 Å². The second-order valence-corrected chi connectivity index (χ2v) is 7.22. The van der Waals surface area contributed by atoms with Gasteiger partial charge in [0.2, 0.25) is 0 Å². The van der Waals surface area contributed by atoms with Crippen molar-refractivity contribution in [2.75, 3.05) is 5.75 Å². The van der Waals surface area contributed by atoms with Gasteiger partial charge >= 0.3 is 0 Å². The highest BCUT2D eigenvalue weighted by atomic mass is 32.2. The first-order valence-electron chi connectivity index (χ1n) is 8.09. The van der Waals surface area contributed by atoms with Crippen LogP contribution < -0.4 is 0 Å². The van der Waals surface area contributed by atoms with Crippen LogP contribution in [0.2, 0.25) is 0 Å². The highest BCUT2D eigenvalue weighted by Crippen LogP contribution is 2.12. The number of aliphatic hydroxyl groups excluding tert-OH is 1. The smallest absolute Gasteiger partial charge is 0.267 e. The predicted octanol–water partition coefficient (Wildman–Crippen LogP) is 3.94. The summed E-state index contributed by atoms with van der Waals surface area (Å²) in [6.07, 6.45) is 13.1. The maximum absolute atomic E-state index is 10.5. The van der Waals surface area contributed by atoms with Crippen molar-refractivity contribution in [2.24, 2.45) is 0 Å². The Hall–Kier alpha value is -0.130. The topological polar surface area (TPSA) is 74.6 Å². The minimum absolute atomic E-state index is 0.455. The highest BCUT2D eigenvalue weighted by Gasteiger charge is 2.13. The molecule has 0 amide bonds. The van der Waals surface area contributed by atoms with Crippen molar-refractivity contribution in [3.63, 3.8) is 0 Å². The lowest BCUT2D eigenvalue weighted by molar-refractivity contribution is 0.180. The summed E-state index contributed by atoms with van der Waals surface area (Å²) in [5.41, 5.74) is 0. The molecular weight excluding hydrogens is 276 g/mol. The molecule has 0 aliphatic rings. The van der Waals surface area contributed by atoms with Crippen LogP contribution in [0.5, 0.6) is 0 Å². The lowest BCUT2D eigenvalue weighted by Crippen LogP contribution is -2.19. The molecule has 0 rings (SSSR count). The second-order valence-electron chi connectivity index (χ2n) is 5.73. The quantitative estimate of drug-likeness (QED) is 0.376. The van der Waals surface area contributed by atoms with Crippen molar-refractivity contribution in [3.05, 3.63) is 0 Å². The molecule has 122 valence electrons. The molecule has 5 heteroatoms. The van der Waals surface area contributed by atoms with Gasteiger partial charge in [0.25, 0.3) is 10.1 Å². The first-order chi connectivity index (χ1) is 9.45. The first kappa shape index (κ1) is 19.9. The van der Waals surface area contributed by atoms with Crippen LogP contribution in [0.15, 0.2) is 0 Å². The second kappa shape index (κ2) is 12.6. The van der Waals surface area contributed by atoms with Gasteiger partial charge in [0, 0.05) is 0 Å². The molecule has 0 radical (unpaired) electrons. The third-order valence-corrected chi connectivity index (χ3v) is 4.35. The molecule has 1 unspecified atom stereocenters. The summed E-state index contributed by atoms with van der Waals surface area (Å²) in [5, 5.41) is 9.39. The van der Waals surface area contributed by atoms with Gasteiger partial charge in [-0.3, -0.25) is 4.55 Å². The van der Waals surface area contributed by atoms with E-state index in [4.69, 9.17) is 4.55 Å². The predicted molar refractivity (Wildman–Crippen MR) is 83.5 cm³/mol. The van der Waals surface area contributed by atoms with E-state index >= 15 is 0 Å². The minimum Gasteiger partial charge on any atom is -0.392 e. The molecule has 0 aliphatic carbocycles. The Morgan fingerprint density at radius 2 is 1.20 bits per heavy atom. The van der Waals surface area contributed by atoms with Crippen LogP contribution in [0.3, 0.4) is 0 Å². The van der Waals surface area contributed by atoms with E-state index < -0.39 is 22.0 Å². The largest absolute Gasteiger partial charge is 0.392 e. The Balaban J connectivity index is 3.20. The Labute approximate surface area is 124 Å². The summed E-state index contributed by atoms with van der Waals surface area (Å²) in [5.74, 6) is -0.537. The fourth-order valence-corrected chi connectivity index (χ4v) is 3.02. The SMILES string of the molecule is CCCCCCCCCCCCCC(O)CS(=O)(=O)O. The summed E-state index contributed by atoms with van der Waals surface area (Å²) in [7, 11) is -4.04. The lowest BCUT2D eigenvalue weighted by Gasteiger charge is -2.08. The van der Waals surface area contributed by atoms with Crippen molar-refractivity contribution in [1.29, 1.82) is 0 Å². The highest BCUT2D eigenvalue weighted by molar-refractivity contribution is 7.85. The molecule has 0 aromatic heterocycles. The molecule has 0 fully saturated rings. The van der Waals surface area contributed by atoms with Gasteiger partial charge in [-0.15, -0.1) is 0 Å². The molecule has 0 saturated heterocycles. The fourth-order valence-electron chi connectivity index (χ4n) is 2.37. The zero-order chi connectivity index (χ0) is 15.3. The van der Waals surface area contributed by atoms with E-state index in [1.54, 1.807) is 0 Å². The Bertz CT molecular complexity index is 301.